The molecule has 0 bridgehead atoms. The van der Waals surface area contributed by atoms with Gasteiger partial charge in [0, 0.05) is 13.8 Å². The number of allylic oxidation sites excluding steroid dienone is 1. The van der Waals surface area contributed by atoms with E-state index in [1.807, 2.05) is 41.5 Å². The van der Waals surface area contributed by atoms with Crippen molar-refractivity contribution in [3.8, 4) is 0 Å². The largest absolute Gasteiger partial charge is 0.335 e. The molecule has 0 N–H and O–H groups in total. The van der Waals surface area contributed by atoms with Crippen molar-refractivity contribution >= 4 is 0 Å². The summed E-state index contributed by atoms with van der Waals surface area (Å²) in [6, 6.07) is 0. The Bertz CT molecular complexity index is 349. The van der Waals surface area contributed by atoms with E-state index in [1.165, 1.54) is 0 Å². The lowest BCUT2D eigenvalue weighted by Crippen LogP contribution is -2.36. The highest BCUT2D eigenvalue weighted by atomic mass is 17.3. The fraction of sp³-hybridized carbons (Fsp3) is 0.846. The van der Waals surface area contributed by atoms with Gasteiger partial charge in [-0.2, -0.15) is 9.78 Å². The summed E-state index contributed by atoms with van der Waals surface area (Å²) in [5, 5.41) is 0. The molecule has 0 radical (unpaired) electrons. The second-order valence-corrected chi connectivity index (χ2v) is 6.56. The van der Waals surface area contributed by atoms with Gasteiger partial charge < -0.3 is 9.78 Å². The summed E-state index contributed by atoms with van der Waals surface area (Å²) in [4.78, 5) is 31.2. The standard InChI is InChI=1S/C13H24O6/c1-9-10(15-16-11(2,3)4)13(8,18-14-9)19-17-12(5,6)7/h1-8H3. The predicted molar refractivity (Wildman–Crippen MR) is 67.1 cm³/mol. The summed E-state index contributed by atoms with van der Waals surface area (Å²) in [5.41, 5.74) is -0.958. The monoisotopic (exact) mass is 276 g/mol. The Balaban J connectivity index is 2.72. The topological polar surface area (TPSA) is 55.4 Å². The summed E-state index contributed by atoms with van der Waals surface area (Å²) in [6.45, 7) is 14.5. The molecule has 0 spiro atoms. The minimum absolute atomic E-state index is 0.284. The fourth-order valence-corrected chi connectivity index (χ4v) is 1.09. The van der Waals surface area contributed by atoms with E-state index in [0.29, 0.717) is 5.76 Å². The first-order chi connectivity index (χ1) is 8.43. The van der Waals surface area contributed by atoms with Crippen molar-refractivity contribution in [3.05, 3.63) is 11.5 Å². The van der Waals surface area contributed by atoms with Crippen LogP contribution >= 0.6 is 0 Å². The smallest absolute Gasteiger partial charge is 0.306 e. The van der Waals surface area contributed by atoms with Crippen molar-refractivity contribution in [1.29, 1.82) is 0 Å². The first-order valence-corrected chi connectivity index (χ1v) is 6.22. The molecule has 0 saturated carbocycles. The summed E-state index contributed by atoms with van der Waals surface area (Å²) in [5.74, 6) is -0.598. The fourth-order valence-electron chi connectivity index (χ4n) is 1.09. The van der Waals surface area contributed by atoms with Gasteiger partial charge in [0.1, 0.15) is 5.60 Å². The quantitative estimate of drug-likeness (QED) is 0.579. The van der Waals surface area contributed by atoms with Crippen molar-refractivity contribution in [1.82, 2.24) is 0 Å². The molecule has 0 aromatic carbocycles. The Morgan fingerprint density at radius 1 is 0.947 bits per heavy atom. The van der Waals surface area contributed by atoms with Gasteiger partial charge in [-0.25, -0.2) is 4.89 Å². The molecule has 1 aliphatic rings. The maximum atomic E-state index is 5.29. The Labute approximate surface area is 114 Å². The molecule has 6 heteroatoms. The molecule has 0 aromatic rings. The second kappa shape index (κ2) is 5.28. The maximum absolute atomic E-state index is 5.29. The Kier molecular flexibility index (Phi) is 4.51. The van der Waals surface area contributed by atoms with E-state index >= 15 is 0 Å². The molecule has 0 fully saturated rings. The molecule has 0 aliphatic carbocycles. The van der Waals surface area contributed by atoms with Crippen LogP contribution in [-0.4, -0.2) is 17.0 Å². The zero-order chi connectivity index (χ0) is 14.9. The maximum Gasteiger partial charge on any atom is 0.306 e. The average Bonchev–Trinajstić information content (AvgIpc) is 2.48. The SMILES string of the molecule is CC1=C(OOC(C)(C)C)C(C)(OOC(C)(C)C)OO1. The highest BCUT2D eigenvalue weighted by molar-refractivity contribution is 5.10. The average molecular weight is 276 g/mol. The van der Waals surface area contributed by atoms with Crippen LogP contribution in [0.15, 0.2) is 11.5 Å². The number of rotatable bonds is 4. The van der Waals surface area contributed by atoms with Gasteiger partial charge in [0.05, 0.1) is 5.60 Å². The molecule has 0 saturated heterocycles. The van der Waals surface area contributed by atoms with Crippen molar-refractivity contribution in [2.45, 2.75) is 72.4 Å². The van der Waals surface area contributed by atoms with E-state index in [9.17, 15) is 0 Å². The third-order valence-electron chi connectivity index (χ3n) is 1.88. The van der Waals surface area contributed by atoms with Gasteiger partial charge >= 0.3 is 5.79 Å². The molecule has 1 aliphatic heterocycles. The van der Waals surface area contributed by atoms with Crippen molar-refractivity contribution < 1.29 is 29.3 Å². The van der Waals surface area contributed by atoms with Crippen LogP contribution in [0.3, 0.4) is 0 Å². The third-order valence-corrected chi connectivity index (χ3v) is 1.88. The van der Waals surface area contributed by atoms with Gasteiger partial charge in [-0.1, -0.05) is 0 Å². The van der Waals surface area contributed by atoms with Crippen LogP contribution in [0.5, 0.6) is 0 Å². The molecule has 0 amide bonds. The summed E-state index contributed by atoms with van der Waals surface area (Å²) >= 11 is 0. The third kappa shape index (κ3) is 4.99. The highest BCUT2D eigenvalue weighted by Crippen LogP contribution is 2.36. The van der Waals surface area contributed by atoms with Crippen LogP contribution in [0.4, 0.5) is 0 Å². The van der Waals surface area contributed by atoms with E-state index < -0.39 is 17.0 Å². The minimum Gasteiger partial charge on any atom is -0.335 e. The van der Waals surface area contributed by atoms with Gasteiger partial charge in [-0.3, -0.25) is 0 Å². The van der Waals surface area contributed by atoms with Crippen molar-refractivity contribution in [2.75, 3.05) is 0 Å². The first kappa shape index (κ1) is 16.2. The lowest BCUT2D eigenvalue weighted by molar-refractivity contribution is -0.501. The van der Waals surface area contributed by atoms with Gasteiger partial charge in [-0.15, -0.1) is 4.89 Å². The van der Waals surface area contributed by atoms with Crippen LogP contribution in [-0.2, 0) is 29.3 Å². The highest BCUT2D eigenvalue weighted by Gasteiger charge is 2.47. The summed E-state index contributed by atoms with van der Waals surface area (Å²) < 4.78 is 0. The summed E-state index contributed by atoms with van der Waals surface area (Å²) in [7, 11) is 0. The molecule has 1 atom stereocenters. The molecular formula is C13H24O6. The van der Waals surface area contributed by atoms with Gasteiger partial charge in [0.15, 0.2) is 5.76 Å². The van der Waals surface area contributed by atoms with Crippen LogP contribution in [0.25, 0.3) is 0 Å². The van der Waals surface area contributed by atoms with E-state index in [4.69, 9.17) is 29.3 Å². The van der Waals surface area contributed by atoms with Crippen LogP contribution in [0, 0.1) is 0 Å². The number of hydrogen-bond donors (Lipinski definition) is 0. The Hall–Kier alpha value is -0.820. The lowest BCUT2D eigenvalue weighted by Gasteiger charge is -2.27. The number of hydrogen-bond acceptors (Lipinski definition) is 6. The molecule has 112 valence electrons. The molecule has 1 heterocycles. The molecule has 19 heavy (non-hydrogen) atoms. The van der Waals surface area contributed by atoms with E-state index in [2.05, 4.69) is 0 Å². The van der Waals surface area contributed by atoms with Gasteiger partial charge in [0.2, 0.25) is 5.76 Å². The van der Waals surface area contributed by atoms with E-state index in [0.717, 1.165) is 0 Å². The zero-order valence-corrected chi connectivity index (χ0v) is 12.9. The van der Waals surface area contributed by atoms with Crippen LogP contribution in [0.2, 0.25) is 0 Å². The minimum atomic E-state index is -1.30. The zero-order valence-electron chi connectivity index (χ0n) is 12.9. The predicted octanol–water partition coefficient (Wildman–Crippen LogP) is 3.39. The first-order valence-electron chi connectivity index (χ1n) is 6.22. The van der Waals surface area contributed by atoms with Crippen molar-refractivity contribution in [2.24, 2.45) is 0 Å². The van der Waals surface area contributed by atoms with Crippen LogP contribution in [0.1, 0.15) is 55.4 Å². The molecule has 1 rings (SSSR count). The van der Waals surface area contributed by atoms with Crippen molar-refractivity contribution in [3.63, 3.8) is 0 Å². The van der Waals surface area contributed by atoms with Gasteiger partial charge in [-0.05, 0) is 41.5 Å². The molecule has 1 unspecified atom stereocenters. The second-order valence-electron chi connectivity index (χ2n) is 6.56. The lowest BCUT2D eigenvalue weighted by atomic mass is 10.2. The van der Waals surface area contributed by atoms with Crippen LogP contribution < -0.4 is 0 Å². The Morgan fingerprint density at radius 2 is 1.47 bits per heavy atom. The summed E-state index contributed by atoms with van der Waals surface area (Å²) in [6.07, 6.45) is 0. The van der Waals surface area contributed by atoms with E-state index in [1.54, 1.807) is 13.8 Å². The van der Waals surface area contributed by atoms with E-state index in [-0.39, 0.29) is 5.76 Å². The normalized spacial score (nSPS) is 24.6. The molecule has 0 aromatic heterocycles. The molecular weight excluding hydrogens is 252 g/mol. The van der Waals surface area contributed by atoms with Gasteiger partial charge in [0.25, 0.3) is 0 Å². The molecule has 6 nitrogen and oxygen atoms in total. The Morgan fingerprint density at radius 3 is 1.95 bits per heavy atom.